The first kappa shape index (κ1) is 27.3. The molecule has 0 radical (unpaired) electrons. The van der Waals surface area contributed by atoms with Crippen molar-refractivity contribution in [3.8, 4) is 0 Å². The molecule has 1 unspecified atom stereocenters. The Hall–Kier alpha value is -2.33. The van der Waals surface area contributed by atoms with Crippen LogP contribution >= 0.6 is 11.8 Å². The van der Waals surface area contributed by atoms with E-state index in [2.05, 4.69) is 19.1 Å². The molecular formula is C26H29F3O5S. The first-order chi connectivity index (χ1) is 16.8. The van der Waals surface area contributed by atoms with E-state index in [9.17, 15) is 18.0 Å². The third-order valence-corrected chi connectivity index (χ3v) is 6.34. The van der Waals surface area contributed by atoms with Crippen LogP contribution in [0, 0.1) is 6.92 Å². The summed E-state index contributed by atoms with van der Waals surface area (Å²) in [6.45, 7) is 5.74. The van der Waals surface area contributed by atoms with Gasteiger partial charge in [0.15, 0.2) is 0 Å². The van der Waals surface area contributed by atoms with Crippen LogP contribution in [-0.4, -0.2) is 38.8 Å². The van der Waals surface area contributed by atoms with Crippen molar-refractivity contribution in [1.82, 2.24) is 0 Å². The number of alkyl halides is 3. The molecule has 1 aromatic heterocycles. The van der Waals surface area contributed by atoms with Gasteiger partial charge >= 0.3 is 11.8 Å². The van der Waals surface area contributed by atoms with Gasteiger partial charge in [0.1, 0.15) is 11.1 Å². The molecule has 1 heterocycles. The van der Waals surface area contributed by atoms with Crippen LogP contribution in [0.2, 0.25) is 0 Å². The van der Waals surface area contributed by atoms with Gasteiger partial charge in [-0.3, -0.25) is 0 Å². The molecule has 0 amide bonds. The van der Waals surface area contributed by atoms with Crippen molar-refractivity contribution in [1.29, 1.82) is 0 Å². The Bertz CT molecular complexity index is 1130. The van der Waals surface area contributed by atoms with Crippen LogP contribution in [0.3, 0.4) is 0 Å². The lowest BCUT2D eigenvalue weighted by Gasteiger charge is -2.16. The summed E-state index contributed by atoms with van der Waals surface area (Å²) in [4.78, 5) is 12.6. The molecule has 0 N–H and O–H groups in total. The average Bonchev–Trinajstić information content (AvgIpc) is 2.82. The Labute approximate surface area is 206 Å². The molecule has 0 bridgehead atoms. The summed E-state index contributed by atoms with van der Waals surface area (Å²) < 4.78 is 61.2. The number of halogens is 3. The molecule has 0 aliphatic rings. The molecule has 1 atom stereocenters. The molecule has 0 fully saturated rings. The molecule has 0 saturated heterocycles. The van der Waals surface area contributed by atoms with E-state index in [1.54, 1.807) is 18.2 Å². The first-order valence-corrected chi connectivity index (χ1v) is 12.4. The lowest BCUT2D eigenvalue weighted by atomic mass is 10.1. The van der Waals surface area contributed by atoms with Crippen molar-refractivity contribution in [3.63, 3.8) is 0 Å². The van der Waals surface area contributed by atoms with Crippen molar-refractivity contribution in [2.75, 3.05) is 38.8 Å². The monoisotopic (exact) mass is 510 g/mol. The Morgan fingerprint density at radius 3 is 2.34 bits per heavy atom. The van der Waals surface area contributed by atoms with E-state index in [-0.39, 0.29) is 22.6 Å². The fraction of sp³-hybridized carbons (Fsp3) is 0.423. The number of hydrogen-bond acceptors (Lipinski definition) is 6. The highest BCUT2D eigenvalue weighted by atomic mass is 32.2. The first-order valence-electron chi connectivity index (χ1n) is 11.4. The minimum atomic E-state index is -4.75. The Kier molecular flexibility index (Phi) is 10.2. The standard InChI is InChI=1S/C26H29F3O5S/c1-3-22(19-7-5-4-6-8-19)33-14-13-31-11-12-32-15-16-35-20-9-10-21-18(2)24(26(27,28)29)25(30)34-23(21)17-20/h4-10,17,22H,3,11-16H2,1-2H3. The SMILES string of the molecule is CCC(OCCOCCOCCSc1ccc2c(C)c(C(F)(F)F)c(=O)oc2c1)c1ccccc1. The number of benzene rings is 2. The largest absolute Gasteiger partial charge is 0.423 e. The summed E-state index contributed by atoms with van der Waals surface area (Å²) in [6.07, 6.45) is -3.80. The second-order valence-electron chi connectivity index (χ2n) is 7.80. The molecule has 190 valence electrons. The smallest absolute Gasteiger partial charge is 0.422 e. The van der Waals surface area contributed by atoms with Gasteiger partial charge in [0.2, 0.25) is 0 Å². The van der Waals surface area contributed by atoms with Crippen LogP contribution in [0.15, 0.2) is 62.6 Å². The van der Waals surface area contributed by atoms with Gasteiger partial charge in [-0.05, 0) is 42.7 Å². The zero-order chi connectivity index (χ0) is 25.3. The molecule has 3 rings (SSSR count). The lowest BCUT2D eigenvalue weighted by molar-refractivity contribution is -0.140. The quantitative estimate of drug-likeness (QED) is 0.150. The molecule has 0 saturated carbocycles. The van der Waals surface area contributed by atoms with E-state index in [0.29, 0.717) is 38.8 Å². The van der Waals surface area contributed by atoms with Crippen molar-refractivity contribution in [2.24, 2.45) is 0 Å². The molecule has 0 aliphatic carbocycles. The van der Waals surface area contributed by atoms with E-state index >= 15 is 0 Å². The molecule has 3 aromatic rings. The fourth-order valence-corrected chi connectivity index (χ4v) is 4.45. The Balaban J connectivity index is 1.33. The number of ether oxygens (including phenoxy) is 3. The maximum absolute atomic E-state index is 13.1. The van der Waals surface area contributed by atoms with E-state index in [1.807, 2.05) is 18.2 Å². The highest BCUT2D eigenvalue weighted by Gasteiger charge is 2.37. The number of aryl methyl sites for hydroxylation is 1. The predicted octanol–water partition coefficient (Wildman–Crippen LogP) is 6.41. The summed E-state index contributed by atoms with van der Waals surface area (Å²) in [5.74, 6) is 0.633. The van der Waals surface area contributed by atoms with Crippen LogP contribution < -0.4 is 5.63 Å². The van der Waals surface area contributed by atoms with Crippen LogP contribution in [0.25, 0.3) is 11.0 Å². The minimum absolute atomic E-state index is 0.0619. The van der Waals surface area contributed by atoms with Gasteiger partial charge in [-0.15, -0.1) is 11.8 Å². The van der Waals surface area contributed by atoms with E-state index < -0.39 is 17.4 Å². The number of fused-ring (bicyclic) bond motifs is 1. The third kappa shape index (κ3) is 7.83. The van der Waals surface area contributed by atoms with Gasteiger partial charge in [0.25, 0.3) is 0 Å². The summed E-state index contributed by atoms with van der Waals surface area (Å²) in [7, 11) is 0. The number of hydrogen-bond donors (Lipinski definition) is 0. The molecule has 2 aromatic carbocycles. The van der Waals surface area contributed by atoms with Gasteiger partial charge in [-0.2, -0.15) is 13.2 Å². The molecule has 0 aliphatic heterocycles. The average molecular weight is 511 g/mol. The summed E-state index contributed by atoms with van der Waals surface area (Å²) in [5, 5.41) is 0.271. The van der Waals surface area contributed by atoms with Gasteiger partial charge in [-0.25, -0.2) is 4.79 Å². The van der Waals surface area contributed by atoms with E-state index in [4.69, 9.17) is 18.6 Å². The molecule has 9 heteroatoms. The van der Waals surface area contributed by atoms with E-state index in [1.165, 1.54) is 18.7 Å². The third-order valence-electron chi connectivity index (χ3n) is 5.38. The van der Waals surface area contributed by atoms with Crippen molar-refractivity contribution in [3.05, 3.63) is 75.6 Å². The van der Waals surface area contributed by atoms with Gasteiger partial charge < -0.3 is 18.6 Å². The Morgan fingerprint density at radius 1 is 0.971 bits per heavy atom. The Morgan fingerprint density at radius 2 is 1.66 bits per heavy atom. The van der Waals surface area contributed by atoms with Crippen LogP contribution in [-0.2, 0) is 20.4 Å². The van der Waals surface area contributed by atoms with Gasteiger partial charge in [0, 0.05) is 16.0 Å². The highest BCUT2D eigenvalue weighted by Crippen LogP contribution is 2.33. The zero-order valence-corrected chi connectivity index (χ0v) is 20.5. The molecular weight excluding hydrogens is 481 g/mol. The summed E-state index contributed by atoms with van der Waals surface area (Å²) in [5.41, 5.74) is -1.46. The lowest BCUT2D eigenvalue weighted by Crippen LogP contribution is -2.20. The molecule has 35 heavy (non-hydrogen) atoms. The van der Waals surface area contributed by atoms with Crippen molar-refractivity contribution in [2.45, 2.75) is 37.4 Å². The second kappa shape index (κ2) is 13.1. The van der Waals surface area contributed by atoms with Crippen molar-refractivity contribution >= 4 is 22.7 Å². The van der Waals surface area contributed by atoms with Crippen LogP contribution in [0.1, 0.15) is 36.1 Å². The zero-order valence-electron chi connectivity index (χ0n) is 19.7. The molecule has 5 nitrogen and oxygen atoms in total. The normalized spacial score (nSPS) is 12.8. The molecule has 0 spiro atoms. The summed E-state index contributed by atoms with van der Waals surface area (Å²) in [6, 6.07) is 14.9. The highest BCUT2D eigenvalue weighted by molar-refractivity contribution is 7.99. The minimum Gasteiger partial charge on any atom is -0.422 e. The van der Waals surface area contributed by atoms with E-state index in [0.717, 1.165) is 16.9 Å². The topological polar surface area (TPSA) is 57.9 Å². The second-order valence-corrected chi connectivity index (χ2v) is 8.97. The van der Waals surface area contributed by atoms with Gasteiger partial charge in [0.05, 0.1) is 39.1 Å². The van der Waals surface area contributed by atoms with Crippen LogP contribution in [0.4, 0.5) is 13.2 Å². The van der Waals surface area contributed by atoms with Gasteiger partial charge in [-0.1, -0.05) is 37.3 Å². The predicted molar refractivity (Wildman–Crippen MR) is 130 cm³/mol. The maximum atomic E-state index is 13.1. The number of thioether (sulfide) groups is 1. The number of rotatable bonds is 13. The van der Waals surface area contributed by atoms with Crippen LogP contribution in [0.5, 0.6) is 0 Å². The fourth-order valence-electron chi connectivity index (χ4n) is 3.66. The summed E-state index contributed by atoms with van der Waals surface area (Å²) >= 11 is 1.46. The van der Waals surface area contributed by atoms with Crippen molar-refractivity contribution < 1.29 is 31.8 Å². The maximum Gasteiger partial charge on any atom is 0.423 e.